The summed E-state index contributed by atoms with van der Waals surface area (Å²) in [6.45, 7) is 4.75. The molecule has 4 rings (SSSR count). The number of hydrogen-bond acceptors (Lipinski definition) is 5. The van der Waals surface area contributed by atoms with Gasteiger partial charge in [0.25, 0.3) is 11.7 Å². The zero-order valence-electron chi connectivity index (χ0n) is 18.7. The number of rotatable bonds is 7. The van der Waals surface area contributed by atoms with Crippen LogP contribution in [0.5, 0.6) is 0 Å². The minimum atomic E-state index is -0.716. The van der Waals surface area contributed by atoms with Crippen LogP contribution < -0.4 is 0 Å². The second kappa shape index (κ2) is 9.65. The lowest BCUT2D eigenvalue weighted by Gasteiger charge is -2.24. The van der Waals surface area contributed by atoms with Gasteiger partial charge < -0.3 is 14.7 Å². The smallest absolute Gasteiger partial charge is 0.295 e. The third kappa shape index (κ3) is 4.46. The Bertz CT molecular complexity index is 1030. The quantitative estimate of drug-likeness (QED) is 0.306. The van der Waals surface area contributed by atoms with E-state index in [0.29, 0.717) is 30.8 Å². The van der Waals surface area contributed by atoms with Crippen LogP contribution in [0.2, 0.25) is 0 Å². The summed E-state index contributed by atoms with van der Waals surface area (Å²) in [4.78, 5) is 32.0. The molecule has 0 bridgehead atoms. The first-order chi connectivity index (χ1) is 15.5. The van der Waals surface area contributed by atoms with Crippen molar-refractivity contribution in [2.45, 2.75) is 58.1 Å². The number of ketones is 1. The van der Waals surface area contributed by atoms with Crippen molar-refractivity contribution in [1.29, 1.82) is 0 Å². The summed E-state index contributed by atoms with van der Waals surface area (Å²) in [7, 11) is 0. The molecule has 1 unspecified atom stereocenters. The van der Waals surface area contributed by atoms with Crippen molar-refractivity contribution in [3.63, 3.8) is 0 Å². The fourth-order valence-corrected chi connectivity index (χ4v) is 4.55. The number of aliphatic hydroxyl groups is 1. The molecule has 1 N–H and O–H groups in total. The third-order valence-corrected chi connectivity index (χ3v) is 6.12. The van der Waals surface area contributed by atoms with Crippen molar-refractivity contribution < 1.29 is 19.4 Å². The molecule has 168 valence electrons. The van der Waals surface area contributed by atoms with Gasteiger partial charge in [-0.15, -0.1) is 0 Å². The first kappa shape index (κ1) is 22.2. The molecule has 1 atom stereocenters. The van der Waals surface area contributed by atoms with Crippen molar-refractivity contribution in [2.24, 2.45) is 0 Å². The van der Waals surface area contributed by atoms with Crippen LogP contribution in [0.3, 0.4) is 0 Å². The number of Topliss-reactive ketones (excluding diaryl/α,β-unsaturated/α-hetero) is 1. The highest BCUT2D eigenvalue weighted by Crippen LogP contribution is 2.39. The number of nitrogens with zero attached hydrogens (tertiary/aromatic N) is 2. The first-order valence-corrected chi connectivity index (χ1v) is 11.4. The van der Waals surface area contributed by atoms with Crippen molar-refractivity contribution in [3.8, 4) is 0 Å². The van der Waals surface area contributed by atoms with E-state index in [9.17, 15) is 14.7 Å². The number of fused-ring (bicyclic) bond motifs is 1. The maximum Gasteiger partial charge on any atom is 0.295 e. The molecule has 1 amide bonds. The summed E-state index contributed by atoms with van der Waals surface area (Å²) < 4.78 is 5.60. The van der Waals surface area contributed by atoms with E-state index in [1.54, 1.807) is 18.3 Å². The van der Waals surface area contributed by atoms with Gasteiger partial charge in [0, 0.05) is 24.9 Å². The van der Waals surface area contributed by atoms with Gasteiger partial charge in [-0.2, -0.15) is 0 Å². The molecule has 32 heavy (non-hydrogen) atoms. The van der Waals surface area contributed by atoms with Gasteiger partial charge >= 0.3 is 0 Å². The van der Waals surface area contributed by atoms with Crippen LogP contribution in [0.4, 0.5) is 0 Å². The number of amides is 1. The lowest BCUT2D eigenvalue weighted by atomic mass is 9.89. The molecular weight excluding hydrogens is 404 g/mol. The average Bonchev–Trinajstić information content (AvgIpc) is 3.06. The Morgan fingerprint density at radius 2 is 1.94 bits per heavy atom. The standard InChI is InChI=1S/C26H30N2O4/c1-17(2)32-15-7-14-28-23(21-10-5-6-13-27-21)22(25(30)26(28)31)24(29)20-12-11-18-8-3-4-9-19(18)16-20/h5-6,10-13,16-17,23,29H,3-4,7-9,14-15H2,1-2H3/b24-22-. The Labute approximate surface area is 188 Å². The van der Waals surface area contributed by atoms with Crippen LogP contribution in [-0.4, -0.2) is 45.9 Å². The molecule has 0 saturated carbocycles. The van der Waals surface area contributed by atoms with Crippen LogP contribution in [0.25, 0.3) is 5.76 Å². The highest BCUT2D eigenvalue weighted by molar-refractivity contribution is 6.46. The van der Waals surface area contributed by atoms with Crippen LogP contribution in [0, 0.1) is 0 Å². The predicted octanol–water partition coefficient (Wildman–Crippen LogP) is 4.20. The molecule has 1 aromatic carbocycles. The molecule has 0 radical (unpaired) electrons. The summed E-state index contributed by atoms with van der Waals surface area (Å²) >= 11 is 0. The van der Waals surface area contributed by atoms with E-state index >= 15 is 0 Å². The van der Waals surface area contributed by atoms with Gasteiger partial charge in [-0.25, -0.2) is 0 Å². The molecule has 2 aliphatic rings. The molecule has 1 fully saturated rings. The Balaban J connectivity index is 1.72. The first-order valence-electron chi connectivity index (χ1n) is 11.4. The molecule has 1 aliphatic carbocycles. The van der Waals surface area contributed by atoms with Gasteiger partial charge in [-0.3, -0.25) is 14.6 Å². The average molecular weight is 435 g/mol. The van der Waals surface area contributed by atoms with E-state index in [4.69, 9.17) is 4.74 Å². The van der Waals surface area contributed by atoms with E-state index in [1.165, 1.54) is 22.4 Å². The van der Waals surface area contributed by atoms with E-state index in [2.05, 4.69) is 4.98 Å². The van der Waals surface area contributed by atoms with E-state index < -0.39 is 17.7 Å². The van der Waals surface area contributed by atoms with Gasteiger partial charge in [0.2, 0.25) is 0 Å². The molecule has 1 aliphatic heterocycles. The number of ether oxygens (including phenoxy) is 1. The molecule has 1 saturated heterocycles. The summed E-state index contributed by atoms with van der Waals surface area (Å²) in [5, 5.41) is 11.2. The fourth-order valence-electron chi connectivity index (χ4n) is 4.55. The number of hydrogen-bond donors (Lipinski definition) is 1. The number of pyridine rings is 1. The Hall–Kier alpha value is -2.99. The normalized spacial score (nSPS) is 20.1. The van der Waals surface area contributed by atoms with Crippen molar-refractivity contribution in [2.75, 3.05) is 13.2 Å². The number of likely N-dealkylation sites (tertiary alicyclic amines) is 1. The fraction of sp³-hybridized carbons (Fsp3) is 0.423. The minimum absolute atomic E-state index is 0.0982. The van der Waals surface area contributed by atoms with Crippen LogP contribution in [0.15, 0.2) is 48.2 Å². The molecule has 0 spiro atoms. The highest BCUT2D eigenvalue weighted by Gasteiger charge is 2.46. The van der Waals surface area contributed by atoms with Crippen molar-refractivity contribution in [1.82, 2.24) is 9.88 Å². The van der Waals surface area contributed by atoms with E-state index in [0.717, 1.165) is 19.3 Å². The van der Waals surface area contributed by atoms with Gasteiger partial charge in [0.15, 0.2) is 0 Å². The molecule has 2 aromatic rings. The molecule has 6 nitrogen and oxygen atoms in total. The van der Waals surface area contributed by atoms with Gasteiger partial charge in [0.1, 0.15) is 11.8 Å². The van der Waals surface area contributed by atoms with Gasteiger partial charge in [0.05, 0.1) is 17.4 Å². The lowest BCUT2D eigenvalue weighted by molar-refractivity contribution is -0.140. The molecule has 6 heteroatoms. The monoisotopic (exact) mass is 434 g/mol. The summed E-state index contributed by atoms with van der Waals surface area (Å²) in [5.74, 6) is -1.40. The van der Waals surface area contributed by atoms with Gasteiger partial charge in [-0.1, -0.05) is 18.2 Å². The van der Waals surface area contributed by atoms with E-state index in [1.807, 2.05) is 38.1 Å². The maximum atomic E-state index is 13.1. The lowest BCUT2D eigenvalue weighted by Crippen LogP contribution is -2.31. The number of aromatic nitrogens is 1. The highest BCUT2D eigenvalue weighted by atomic mass is 16.5. The number of aryl methyl sites for hydroxylation is 2. The van der Waals surface area contributed by atoms with Crippen LogP contribution in [0.1, 0.15) is 61.5 Å². The van der Waals surface area contributed by atoms with Crippen molar-refractivity contribution in [3.05, 3.63) is 70.6 Å². The zero-order chi connectivity index (χ0) is 22.7. The second-order valence-corrected chi connectivity index (χ2v) is 8.71. The molecule has 1 aromatic heterocycles. The Morgan fingerprint density at radius 1 is 1.16 bits per heavy atom. The largest absolute Gasteiger partial charge is 0.507 e. The van der Waals surface area contributed by atoms with E-state index in [-0.39, 0.29) is 17.4 Å². The summed E-state index contributed by atoms with van der Waals surface area (Å²) in [6.07, 6.45) is 6.61. The zero-order valence-corrected chi connectivity index (χ0v) is 18.7. The summed E-state index contributed by atoms with van der Waals surface area (Å²) in [5.41, 5.74) is 3.74. The number of aliphatic hydroxyl groups excluding tert-OH is 1. The van der Waals surface area contributed by atoms with Gasteiger partial charge in [-0.05, 0) is 75.3 Å². The predicted molar refractivity (Wildman–Crippen MR) is 122 cm³/mol. The van der Waals surface area contributed by atoms with Crippen LogP contribution in [-0.2, 0) is 27.2 Å². The topological polar surface area (TPSA) is 79.7 Å². The molecular formula is C26H30N2O4. The number of benzene rings is 1. The Morgan fingerprint density at radius 3 is 2.66 bits per heavy atom. The van der Waals surface area contributed by atoms with Crippen LogP contribution >= 0.6 is 0 Å². The SMILES string of the molecule is CC(C)OCCCN1C(=O)C(=O)/C(=C(\O)c2ccc3c(c2)CCCC3)C1c1ccccn1. The third-order valence-electron chi connectivity index (χ3n) is 6.12. The minimum Gasteiger partial charge on any atom is -0.507 e. The van der Waals surface area contributed by atoms with Crippen molar-refractivity contribution >= 4 is 17.4 Å². The number of carbonyl (C=O) groups is 2. The Kier molecular flexibility index (Phi) is 6.70. The maximum absolute atomic E-state index is 13.1. The second-order valence-electron chi connectivity index (χ2n) is 8.71. The summed E-state index contributed by atoms with van der Waals surface area (Å²) in [6, 6.07) is 10.5. The number of carbonyl (C=O) groups excluding carboxylic acids is 2. The molecule has 2 heterocycles.